The number of thioether (sulfide) groups is 2. The van der Waals surface area contributed by atoms with E-state index in [2.05, 4.69) is 10.6 Å². The van der Waals surface area contributed by atoms with Gasteiger partial charge in [0.1, 0.15) is 0 Å². The first-order valence-corrected chi connectivity index (χ1v) is 8.15. The highest BCUT2D eigenvalue weighted by Crippen LogP contribution is 2.50. The molecule has 20 heavy (non-hydrogen) atoms. The van der Waals surface area contributed by atoms with Crippen LogP contribution in [0.4, 0.5) is 11.4 Å². The molecule has 0 saturated carbocycles. The lowest BCUT2D eigenvalue weighted by Gasteiger charge is -2.27. The molecule has 4 rings (SSSR count). The highest BCUT2D eigenvalue weighted by molar-refractivity contribution is 8.03. The molecule has 2 aromatic carbocycles. The van der Waals surface area contributed by atoms with Gasteiger partial charge < -0.3 is 10.6 Å². The lowest BCUT2D eigenvalue weighted by Crippen LogP contribution is -2.23. The van der Waals surface area contributed by atoms with Crippen molar-refractivity contribution in [3.63, 3.8) is 0 Å². The van der Waals surface area contributed by atoms with Crippen molar-refractivity contribution >= 4 is 57.5 Å². The quantitative estimate of drug-likeness (QED) is 0.785. The molecule has 0 spiro atoms. The molecule has 0 atom stereocenters. The number of nitrogens with one attached hydrogen (secondary N) is 2. The second-order valence-corrected chi connectivity index (χ2v) is 6.60. The summed E-state index contributed by atoms with van der Waals surface area (Å²) in [7, 11) is 0. The molecule has 0 aromatic heterocycles. The summed E-state index contributed by atoms with van der Waals surface area (Å²) in [5, 5.41) is 7.91. The van der Waals surface area contributed by atoms with Crippen molar-refractivity contribution in [3.8, 4) is 0 Å². The van der Waals surface area contributed by atoms with Crippen LogP contribution >= 0.6 is 23.5 Å². The summed E-state index contributed by atoms with van der Waals surface area (Å²) < 4.78 is 0. The maximum Gasteiger partial charge on any atom is 0.234 e. The van der Waals surface area contributed by atoms with Crippen molar-refractivity contribution in [2.45, 2.75) is 9.79 Å². The van der Waals surface area contributed by atoms with Crippen molar-refractivity contribution in [2.75, 3.05) is 22.1 Å². The highest BCUT2D eigenvalue weighted by Gasteiger charge is 2.28. The summed E-state index contributed by atoms with van der Waals surface area (Å²) in [5.74, 6) is 0.897. The second-order valence-electron chi connectivity index (χ2n) is 4.63. The summed E-state index contributed by atoms with van der Waals surface area (Å²) >= 11 is 3.09. The van der Waals surface area contributed by atoms with E-state index in [1.807, 2.05) is 24.3 Å². The number of benzene rings is 2. The van der Waals surface area contributed by atoms with Crippen LogP contribution in [0.15, 0.2) is 34.1 Å². The molecule has 0 saturated heterocycles. The second kappa shape index (κ2) is 4.43. The normalized spacial score (nSPS) is 17.2. The SMILES string of the molecule is O=C1CSc2c3c(c4ccccc4c2N1)NC(=O)CS3. The Morgan fingerprint density at radius 3 is 1.70 bits per heavy atom. The molecule has 2 aromatic rings. The number of carbonyl (C=O) groups excluding carboxylic acids is 2. The first kappa shape index (κ1) is 12.1. The molecule has 2 aliphatic rings. The average Bonchev–Trinajstić information content (AvgIpc) is 2.47. The largest absolute Gasteiger partial charge is 0.324 e. The zero-order chi connectivity index (χ0) is 13.7. The third kappa shape index (κ3) is 1.72. The van der Waals surface area contributed by atoms with Crippen LogP contribution < -0.4 is 10.6 Å². The Morgan fingerprint density at radius 1 is 0.800 bits per heavy atom. The van der Waals surface area contributed by atoms with Crippen LogP contribution in [0.2, 0.25) is 0 Å². The van der Waals surface area contributed by atoms with Crippen molar-refractivity contribution in [1.29, 1.82) is 0 Å². The van der Waals surface area contributed by atoms with Crippen LogP contribution in [-0.4, -0.2) is 23.3 Å². The Balaban J connectivity index is 2.09. The van der Waals surface area contributed by atoms with E-state index < -0.39 is 0 Å². The van der Waals surface area contributed by atoms with E-state index in [1.165, 1.54) is 0 Å². The predicted molar refractivity (Wildman–Crippen MR) is 82.7 cm³/mol. The molecule has 4 nitrogen and oxygen atoms in total. The summed E-state index contributed by atoms with van der Waals surface area (Å²) in [4.78, 5) is 25.5. The number of hydrogen-bond acceptors (Lipinski definition) is 4. The first-order valence-electron chi connectivity index (χ1n) is 6.18. The van der Waals surface area contributed by atoms with Crippen LogP contribution in [0.1, 0.15) is 0 Å². The molecule has 2 aliphatic heterocycles. The molecule has 6 heteroatoms. The fourth-order valence-corrected chi connectivity index (χ4v) is 4.67. The molecule has 2 amide bonds. The third-order valence-electron chi connectivity index (χ3n) is 3.35. The number of anilines is 2. The van der Waals surface area contributed by atoms with Gasteiger partial charge >= 0.3 is 0 Å². The Bertz CT molecular complexity index is 709. The van der Waals surface area contributed by atoms with Gasteiger partial charge in [0, 0.05) is 20.6 Å². The molecular formula is C14H10N2O2S2. The molecular weight excluding hydrogens is 292 g/mol. The van der Waals surface area contributed by atoms with Gasteiger partial charge in [0.2, 0.25) is 11.8 Å². The Morgan fingerprint density at radius 2 is 1.25 bits per heavy atom. The Kier molecular flexibility index (Phi) is 2.68. The Labute approximate surface area is 123 Å². The van der Waals surface area contributed by atoms with Gasteiger partial charge in [0.15, 0.2) is 0 Å². The van der Waals surface area contributed by atoms with Crippen molar-refractivity contribution in [1.82, 2.24) is 0 Å². The van der Waals surface area contributed by atoms with Gasteiger partial charge in [-0.1, -0.05) is 24.3 Å². The fourth-order valence-electron chi connectivity index (χ4n) is 2.54. The van der Waals surface area contributed by atoms with Gasteiger partial charge in [-0.05, 0) is 0 Å². The number of fused-ring (bicyclic) bond motifs is 6. The minimum atomic E-state index is 0.0254. The van der Waals surface area contributed by atoms with E-state index in [0.29, 0.717) is 11.5 Å². The number of carbonyl (C=O) groups is 2. The molecule has 0 aliphatic carbocycles. The maximum absolute atomic E-state index is 11.7. The van der Waals surface area contributed by atoms with Gasteiger partial charge in [-0.15, -0.1) is 23.5 Å². The summed E-state index contributed by atoms with van der Waals surface area (Å²) in [6, 6.07) is 7.84. The van der Waals surface area contributed by atoms with Gasteiger partial charge in [0.05, 0.1) is 22.9 Å². The minimum absolute atomic E-state index is 0.0254. The third-order valence-corrected chi connectivity index (χ3v) is 5.69. The standard InChI is InChI=1S/C14H10N2O2S2/c17-9-5-19-13-11(15-9)7-3-1-2-4-8(7)12-14(13)20-6-10(18)16-12/h1-4H,5-6H2,(H,15,17)(H,16,18). The van der Waals surface area contributed by atoms with E-state index in [9.17, 15) is 9.59 Å². The zero-order valence-corrected chi connectivity index (χ0v) is 12.0. The molecule has 2 heterocycles. The summed E-state index contributed by atoms with van der Waals surface area (Å²) in [6.07, 6.45) is 0. The molecule has 0 fully saturated rings. The van der Waals surface area contributed by atoms with E-state index in [0.717, 1.165) is 31.9 Å². The highest BCUT2D eigenvalue weighted by atomic mass is 32.2. The number of amides is 2. The van der Waals surface area contributed by atoms with Gasteiger partial charge in [-0.2, -0.15) is 0 Å². The van der Waals surface area contributed by atoms with Crippen molar-refractivity contribution in [2.24, 2.45) is 0 Å². The summed E-state index contributed by atoms with van der Waals surface area (Å²) in [5.41, 5.74) is 1.76. The monoisotopic (exact) mass is 302 g/mol. The van der Waals surface area contributed by atoms with Crippen LogP contribution in [0.5, 0.6) is 0 Å². The zero-order valence-electron chi connectivity index (χ0n) is 10.4. The van der Waals surface area contributed by atoms with E-state index >= 15 is 0 Å². The summed E-state index contributed by atoms with van der Waals surface area (Å²) in [6.45, 7) is 0. The molecule has 0 unspecified atom stereocenters. The molecule has 100 valence electrons. The minimum Gasteiger partial charge on any atom is -0.324 e. The van der Waals surface area contributed by atoms with Crippen LogP contribution in [0.25, 0.3) is 10.8 Å². The van der Waals surface area contributed by atoms with Crippen LogP contribution in [0.3, 0.4) is 0 Å². The molecule has 0 radical (unpaired) electrons. The smallest absolute Gasteiger partial charge is 0.234 e. The van der Waals surface area contributed by atoms with Crippen LogP contribution in [-0.2, 0) is 9.59 Å². The lowest BCUT2D eigenvalue weighted by atomic mass is 10.1. The number of rotatable bonds is 0. The van der Waals surface area contributed by atoms with E-state index in [4.69, 9.17) is 0 Å². The molecule has 0 bridgehead atoms. The fraction of sp³-hybridized carbons (Fsp3) is 0.143. The predicted octanol–water partition coefficient (Wildman–Crippen LogP) is 2.93. The topological polar surface area (TPSA) is 58.2 Å². The van der Waals surface area contributed by atoms with E-state index in [1.54, 1.807) is 23.5 Å². The Hall–Kier alpha value is -1.66. The lowest BCUT2D eigenvalue weighted by molar-refractivity contribution is -0.114. The van der Waals surface area contributed by atoms with Gasteiger partial charge in [-0.25, -0.2) is 0 Å². The van der Waals surface area contributed by atoms with Gasteiger partial charge in [-0.3, -0.25) is 9.59 Å². The van der Waals surface area contributed by atoms with Crippen LogP contribution in [0, 0.1) is 0 Å². The number of hydrogen-bond donors (Lipinski definition) is 2. The maximum atomic E-state index is 11.7. The average molecular weight is 302 g/mol. The van der Waals surface area contributed by atoms with E-state index in [-0.39, 0.29) is 11.8 Å². The van der Waals surface area contributed by atoms with Gasteiger partial charge in [0.25, 0.3) is 0 Å². The van der Waals surface area contributed by atoms with Crippen molar-refractivity contribution < 1.29 is 9.59 Å². The molecule has 2 N–H and O–H groups in total. The van der Waals surface area contributed by atoms with Crippen molar-refractivity contribution in [3.05, 3.63) is 24.3 Å². The first-order chi connectivity index (χ1) is 9.74.